The van der Waals surface area contributed by atoms with E-state index in [0.717, 1.165) is 18.3 Å². The molecular weight excluding hydrogens is 253 g/mol. The molecule has 2 N–H and O–H groups in total. The summed E-state index contributed by atoms with van der Waals surface area (Å²) in [5.74, 6) is -3.04. The molecule has 0 atom stereocenters. The van der Waals surface area contributed by atoms with Crippen molar-refractivity contribution in [2.75, 3.05) is 5.73 Å². The minimum atomic E-state index is -1.22. The maximum absolute atomic E-state index is 13.3. The maximum Gasteiger partial charge on any atom is 0.248 e. The van der Waals surface area contributed by atoms with Crippen LogP contribution in [0.15, 0.2) is 24.4 Å². The second-order valence-electron chi connectivity index (χ2n) is 3.35. The van der Waals surface area contributed by atoms with E-state index in [9.17, 15) is 13.2 Å². The fourth-order valence-corrected chi connectivity index (χ4v) is 1.63. The zero-order chi connectivity index (χ0) is 12.6. The Morgan fingerprint density at radius 2 is 1.76 bits per heavy atom. The molecular formula is C11H6ClF3N2. The summed E-state index contributed by atoms with van der Waals surface area (Å²) in [7, 11) is 0. The molecule has 0 aliphatic rings. The summed E-state index contributed by atoms with van der Waals surface area (Å²) in [6, 6.07) is 3.14. The first kappa shape index (κ1) is 11.7. The van der Waals surface area contributed by atoms with E-state index in [1.165, 1.54) is 6.07 Å². The Hall–Kier alpha value is -1.75. The summed E-state index contributed by atoms with van der Waals surface area (Å²) in [6.07, 6.45) is 1.06. The molecule has 1 aromatic carbocycles. The molecule has 1 heterocycles. The van der Waals surface area contributed by atoms with Crippen molar-refractivity contribution in [2.45, 2.75) is 0 Å². The second kappa shape index (κ2) is 4.25. The van der Waals surface area contributed by atoms with Crippen molar-refractivity contribution in [3.63, 3.8) is 0 Å². The van der Waals surface area contributed by atoms with E-state index in [2.05, 4.69) is 4.98 Å². The van der Waals surface area contributed by atoms with Gasteiger partial charge in [0.25, 0.3) is 0 Å². The number of anilines is 1. The lowest BCUT2D eigenvalue weighted by molar-refractivity contribution is 0.480. The summed E-state index contributed by atoms with van der Waals surface area (Å²) >= 11 is 5.84. The fourth-order valence-electron chi connectivity index (χ4n) is 1.35. The molecule has 0 unspecified atom stereocenters. The molecule has 0 amide bonds. The van der Waals surface area contributed by atoms with Crippen LogP contribution in [0.4, 0.5) is 18.9 Å². The molecule has 0 fully saturated rings. The third kappa shape index (κ3) is 2.19. The molecule has 0 saturated carbocycles. The van der Waals surface area contributed by atoms with E-state index in [1.54, 1.807) is 0 Å². The third-order valence-electron chi connectivity index (χ3n) is 2.19. The topological polar surface area (TPSA) is 38.9 Å². The van der Waals surface area contributed by atoms with Gasteiger partial charge in [0.2, 0.25) is 5.95 Å². The Morgan fingerprint density at radius 1 is 1.06 bits per heavy atom. The van der Waals surface area contributed by atoms with E-state index in [1.807, 2.05) is 0 Å². The lowest BCUT2D eigenvalue weighted by Gasteiger charge is -2.06. The Bertz CT molecular complexity index is 587. The molecule has 2 nitrogen and oxygen atoms in total. The van der Waals surface area contributed by atoms with Crippen molar-refractivity contribution in [3.05, 3.63) is 47.0 Å². The molecule has 88 valence electrons. The molecule has 0 spiro atoms. The fraction of sp³-hybridized carbons (Fsp3) is 0. The van der Waals surface area contributed by atoms with Gasteiger partial charge in [0.05, 0.1) is 10.7 Å². The number of halogens is 4. The van der Waals surface area contributed by atoms with Crippen LogP contribution in [0.5, 0.6) is 0 Å². The van der Waals surface area contributed by atoms with Gasteiger partial charge in [-0.1, -0.05) is 11.6 Å². The number of pyridine rings is 1. The van der Waals surface area contributed by atoms with Gasteiger partial charge in [-0.05, 0) is 18.2 Å². The van der Waals surface area contributed by atoms with Crippen LogP contribution in [0.3, 0.4) is 0 Å². The van der Waals surface area contributed by atoms with Gasteiger partial charge in [0.1, 0.15) is 5.82 Å². The minimum absolute atomic E-state index is 0.116. The van der Waals surface area contributed by atoms with Crippen molar-refractivity contribution in [1.82, 2.24) is 4.98 Å². The first-order valence-electron chi connectivity index (χ1n) is 4.55. The highest BCUT2D eigenvalue weighted by molar-refractivity contribution is 6.33. The summed E-state index contributed by atoms with van der Waals surface area (Å²) < 4.78 is 38.9. The Morgan fingerprint density at radius 3 is 2.41 bits per heavy atom. The molecule has 0 aliphatic heterocycles. The molecule has 17 heavy (non-hydrogen) atoms. The number of benzene rings is 1. The minimum Gasteiger partial charge on any atom is -0.396 e. The summed E-state index contributed by atoms with van der Waals surface area (Å²) in [5.41, 5.74) is 5.57. The predicted octanol–water partition coefficient (Wildman–Crippen LogP) is 3.40. The van der Waals surface area contributed by atoms with Crippen LogP contribution >= 0.6 is 11.6 Å². The SMILES string of the molecule is Nc1cc(Cl)c(-c2cnc(F)c(F)c2)cc1F. The number of nitrogens with zero attached hydrogens (tertiary/aromatic N) is 1. The molecule has 0 radical (unpaired) electrons. The zero-order valence-electron chi connectivity index (χ0n) is 8.35. The monoisotopic (exact) mass is 258 g/mol. The Labute approximate surface area is 99.8 Å². The third-order valence-corrected chi connectivity index (χ3v) is 2.51. The quantitative estimate of drug-likeness (QED) is 0.629. The molecule has 2 aromatic rings. The van der Waals surface area contributed by atoms with Crippen molar-refractivity contribution >= 4 is 17.3 Å². The van der Waals surface area contributed by atoms with Gasteiger partial charge >= 0.3 is 0 Å². The van der Waals surface area contributed by atoms with Crippen LogP contribution in [0.1, 0.15) is 0 Å². The number of hydrogen-bond acceptors (Lipinski definition) is 2. The lowest BCUT2D eigenvalue weighted by atomic mass is 10.1. The van der Waals surface area contributed by atoms with E-state index in [0.29, 0.717) is 0 Å². The second-order valence-corrected chi connectivity index (χ2v) is 3.76. The predicted molar refractivity (Wildman–Crippen MR) is 59.0 cm³/mol. The van der Waals surface area contributed by atoms with Crippen molar-refractivity contribution in [1.29, 1.82) is 0 Å². The summed E-state index contributed by atoms with van der Waals surface area (Å²) in [6.45, 7) is 0. The normalized spacial score (nSPS) is 10.6. The molecule has 0 saturated heterocycles. The number of nitrogen functional groups attached to an aromatic ring is 1. The largest absolute Gasteiger partial charge is 0.396 e. The van der Waals surface area contributed by atoms with E-state index >= 15 is 0 Å². The van der Waals surface area contributed by atoms with Gasteiger partial charge in [0, 0.05) is 17.3 Å². The van der Waals surface area contributed by atoms with Gasteiger partial charge < -0.3 is 5.73 Å². The van der Waals surface area contributed by atoms with E-state index in [4.69, 9.17) is 17.3 Å². The highest BCUT2D eigenvalue weighted by atomic mass is 35.5. The standard InChI is InChI=1S/C11H6ClF3N2/c12-7-3-10(16)8(13)2-6(7)5-1-9(14)11(15)17-4-5/h1-4H,16H2. The molecule has 1 aromatic heterocycles. The van der Waals surface area contributed by atoms with Crippen LogP contribution in [0.2, 0.25) is 5.02 Å². The van der Waals surface area contributed by atoms with Crippen LogP contribution in [-0.2, 0) is 0 Å². The smallest absolute Gasteiger partial charge is 0.248 e. The Kier molecular flexibility index (Phi) is 2.93. The van der Waals surface area contributed by atoms with Gasteiger partial charge in [-0.3, -0.25) is 0 Å². The molecule has 0 bridgehead atoms. The number of rotatable bonds is 1. The molecule has 6 heteroatoms. The summed E-state index contributed by atoms with van der Waals surface area (Å²) in [5, 5.41) is 0.136. The van der Waals surface area contributed by atoms with E-state index < -0.39 is 17.6 Å². The number of hydrogen-bond donors (Lipinski definition) is 1. The first-order chi connectivity index (χ1) is 7.99. The Balaban J connectivity index is 2.60. The lowest BCUT2D eigenvalue weighted by Crippen LogP contribution is -1.94. The van der Waals surface area contributed by atoms with Crippen molar-refractivity contribution in [3.8, 4) is 11.1 Å². The van der Waals surface area contributed by atoms with Gasteiger partial charge in [-0.25, -0.2) is 13.8 Å². The molecule has 0 aliphatic carbocycles. The average molecular weight is 259 g/mol. The van der Waals surface area contributed by atoms with Crippen LogP contribution in [0.25, 0.3) is 11.1 Å². The number of aromatic nitrogens is 1. The van der Waals surface area contributed by atoms with Crippen LogP contribution in [0, 0.1) is 17.6 Å². The first-order valence-corrected chi connectivity index (χ1v) is 4.93. The van der Waals surface area contributed by atoms with Crippen molar-refractivity contribution < 1.29 is 13.2 Å². The average Bonchev–Trinajstić information content (AvgIpc) is 2.27. The van der Waals surface area contributed by atoms with E-state index in [-0.39, 0.29) is 21.8 Å². The number of nitrogens with two attached hydrogens (primary N) is 1. The summed E-state index contributed by atoms with van der Waals surface area (Å²) in [4.78, 5) is 3.19. The van der Waals surface area contributed by atoms with Gasteiger partial charge in [0.15, 0.2) is 5.82 Å². The highest BCUT2D eigenvalue weighted by Crippen LogP contribution is 2.31. The zero-order valence-corrected chi connectivity index (χ0v) is 9.10. The van der Waals surface area contributed by atoms with Crippen LogP contribution in [-0.4, -0.2) is 4.98 Å². The molecule has 2 rings (SSSR count). The van der Waals surface area contributed by atoms with Gasteiger partial charge in [-0.15, -0.1) is 0 Å². The van der Waals surface area contributed by atoms with Gasteiger partial charge in [-0.2, -0.15) is 4.39 Å². The highest BCUT2D eigenvalue weighted by Gasteiger charge is 2.11. The maximum atomic E-state index is 13.3. The van der Waals surface area contributed by atoms with Crippen molar-refractivity contribution in [2.24, 2.45) is 0 Å². The van der Waals surface area contributed by atoms with Crippen LogP contribution < -0.4 is 5.73 Å².